The Morgan fingerprint density at radius 1 is 1.22 bits per heavy atom. The third-order valence-corrected chi connectivity index (χ3v) is 4.45. The minimum absolute atomic E-state index is 0.0636. The molecule has 2 aromatic carbocycles. The van der Waals surface area contributed by atoms with Crippen molar-refractivity contribution in [2.45, 2.75) is 12.5 Å². The van der Waals surface area contributed by atoms with Crippen molar-refractivity contribution in [2.24, 2.45) is 5.73 Å². The number of hydrogen-bond donors (Lipinski definition) is 2. The van der Waals surface area contributed by atoms with Crippen LogP contribution in [0.4, 0.5) is 0 Å². The van der Waals surface area contributed by atoms with Crippen molar-refractivity contribution in [3.63, 3.8) is 0 Å². The second kappa shape index (κ2) is 8.32. The van der Waals surface area contributed by atoms with Gasteiger partial charge in [0.1, 0.15) is 0 Å². The lowest BCUT2D eigenvalue weighted by molar-refractivity contribution is -0.118. The molecule has 0 fully saturated rings. The zero-order valence-corrected chi connectivity index (χ0v) is 16.3. The van der Waals surface area contributed by atoms with Gasteiger partial charge in [-0.05, 0) is 35.9 Å². The second-order valence-electron chi connectivity index (χ2n) is 5.75. The number of carbonyl (C=O) groups is 2. The summed E-state index contributed by atoms with van der Waals surface area (Å²) < 4.78 is 0.866. The Bertz CT molecular complexity index is 991. The van der Waals surface area contributed by atoms with Crippen molar-refractivity contribution in [1.29, 1.82) is 0 Å². The van der Waals surface area contributed by atoms with E-state index >= 15 is 0 Å². The smallest absolute Gasteiger partial charge is 0.273 e. The number of primary amides is 1. The fraction of sp³-hybridized carbons (Fsp3) is 0.111. The molecule has 0 radical (unpaired) electrons. The highest BCUT2D eigenvalue weighted by Gasteiger charge is 2.20. The van der Waals surface area contributed by atoms with Gasteiger partial charge in [-0.15, -0.1) is 5.10 Å². The van der Waals surface area contributed by atoms with E-state index in [2.05, 4.69) is 31.4 Å². The highest BCUT2D eigenvalue weighted by atomic mass is 79.9. The fourth-order valence-corrected chi connectivity index (χ4v) is 3.09. The van der Waals surface area contributed by atoms with E-state index in [9.17, 15) is 9.59 Å². The Morgan fingerprint density at radius 2 is 2.00 bits per heavy atom. The molecule has 1 atom stereocenters. The van der Waals surface area contributed by atoms with Gasteiger partial charge in [0.05, 0.1) is 24.3 Å². The van der Waals surface area contributed by atoms with Crippen LogP contribution in [-0.2, 0) is 4.79 Å². The van der Waals surface area contributed by atoms with Gasteiger partial charge in [-0.25, -0.2) is 0 Å². The largest absolute Gasteiger partial charge is 0.370 e. The first-order valence-corrected chi connectivity index (χ1v) is 9.12. The summed E-state index contributed by atoms with van der Waals surface area (Å²) in [5.74, 6) is -1.01. The molecule has 138 valence electrons. The maximum atomic E-state index is 12.6. The second-order valence-corrected chi connectivity index (χ2v) is 7.10. The average Bonchev–Trinajstić information content (AvgIpc) is 3.11. The van der Waals surface area contributed by atoms with E-state index in [1.807, 2.05) is 24.3 Å². The van der Waals surface area contributed by atoms with Gasteiger partial charge in [-0.3, -0.25) is 9.59 Å². The first-order chi connectivity index (χ1) is 12.9. The number of nitrogens with two attached hydrogens (primary N) is 1. The summed E-state index contributed by atoms with van der Waals surface area (Å²) in [5, 5.41) is 11.6. The minimum Gasteiger partial charge on any atom is -0.370 e. The molecule has 3 rings (SSSR count). The molecule has 0 bridgehead atoms. The van der Waals surface area contributed by atoms with Gasteiger partial charge < -0.3 is 11.1 Å². The summed E-state index contributed by atoms with van der Waals surface area (Å²) in [6, 6.07) is 13.6. The molecule has 0 saturated heterocycles. The van der Waals surface area contributed by atoms with Gasteiger partial charge in [-0.2, -0.15) is 9.90 Å². The van der Waals surface area contributed by atoms with Crippen molar-refractivity contribution in [2.75, 3.05) is 0 Å². The van der Waals surface area contributed by atoms with Gasteiger partial charge in [0, 0.05) is 9.50 Å². The third kappa shape index (κ3) is 4.93. The molecule has 1 aromatic heterocycles. The van der Waals surface area contributed by atoms with Crippen LogP contribution < -0.4 is 11.1 Å². The molecule has 0 aliphatic carbocycles. The first-order valence-electron chi connectivity index (χ1n) is 7.95. The van der Waals surface area contributed by atoms with Crippen LogP contribution in [0, 0.1) is 0 Å². The number of rotatable bonds is 6. The number of carbonyl (C=O) groups excluding carboxylic acids is 2. The maximum Gasteiger partial charge on any atom is 0.273 e. The van der Waals surface area contributed by atoms with Crippen LogP contribution >= 0.6 is 27.5 Å². The average molecular weight is 449 g/mol. The Labute approximate surface area is 168 Å². The number of benzene rings is 2. The maximum absolute atomic E-state index is 12.6. The van der Waals surface area contributed by atoms with E-state index in [4.69, 9.17) is 17.3 Å². The summed E-state index contributed by atoms with van der Waals surface area (Å²) in [7, 11) is 0. The molecular weight excluding hydrogens is 434 g/mol. The van der Waals surface area contributed by atoms with Gasteiger partial charge in [0.25, 0.3) is 5.91 Å². The Morgan fingerprint density at radius 3 is 2.70 bits per heavy atom. The third-order valence-electron chi connectivity index (χ3n) is 3.73. The van der Waals surface area contributed by atoms with Crippen LogP contribution in [0.5, 0.6) is 0 Å². The molecule has 3 N–H and O–H groups in total. The summed E-state index contributed by atoms with van der Waals surface area (Å²) in [6.45, 7) is 0. The Hall–Kier alpha value is -2.71. The van der Waals surface area contributed by atoms with Crippen LogP contribution in [0.2, 0.25) is 5.02 Å². The van der Waals surface area contributed by atoms with E-state index in [-0.39, 0.29) is 12.1 Å². The molecule has 27 heavy (non-hydrogen) atoms. The zero-order valence-electron chi connectivity index (χ0n) is 14.0. The molecule has 0 spiro atoms. The lowest BCUT2D eigenvalue weighted by atomic mass is 10.0. The van der Waals surface area contributed by atoms with Crippen molar-refractivity contribution in [3.8, 4) is 5.69 Å². The molecule has 0 aliphatic rings. The molecule has 1 heterocycles. The summed E-state index contributed by atoms with van der Waals surface area (Å²) >= 11 is 9.38. The lowest BCUT2D eigenvalue weighted by Gasteiger charge is -2.17. The Kier molecular flexibility index (Phi) is 5.88. The van der Waals surface area contributed by atoms with Crippen LogP contribution in [0.3, 0.4) is 0 Å². The van der Waals surface area contributed by atoms with E-state index in [0.717, 1.165) is 4.47 Å². The molecule has 2 amide bonds. The van der Waals surface area contributed by atoms with E-state index < -0.39 is 17.9 Å². The molecule has 0 saturated carbocycles. The topological polar surface area (TPSA) is 103 Å². The monoisotopic (exact) mass is 447 g/mol. The summed E-state index contributed by atoms with van der Waals surface area (Å²) in [5.41, 5.74) is 6.81. The normalized spacial score (nSPS) is 11.8. The molecular formula is C18H15BrClN5O2. The number of aromatic nitrogens is 3. The standard InChI is InChI=1S/C18H15BrClN5O2/c19-12-4-2-6-14(8-12)25-22-10-16(24-25)18(27)23-15(9-17(21)26)11-3-1-5-13(20)7-11/h1-8,10,15H,9H2,(H2,21,26)(H,23,27)/t15-/m1/s1. The molecule has 7 nitrogen and oxygen atoms in total. The van der Waals surface area contributed by atoms with Crippen LogP contribution in [-0.4, -0.2) is 26.8 Å². The van der Waals surface area contributed by atoms with Gasteiger partial charge in [0.2, 0.25) is 5.91 Å². The molecule has 0 unspecified atom stereocenters. The van der Waals surface area contributed by atoms with E-state index in [0.29, 0.717) is 16.3 Å². The quantitative estimate of drug-likeness (QED) is 0.605. The number of halogens is 2. The highest BCUT2D eigenvalue weighted by Crippen LogP contribution is 2.21. The van der Waals surface area contributed by atoms with E-state index in [1.54, 1.807) is 24.3 Å². The number of nitrogens with zero attached hydrogens (tertiary/aromatic N) is 3. The van der Waals surface area contributed by atoms with Gasteiger partial charge in [-0.1, -0.05) is 45.7 Å². The predicted molar refractivity (Wildman–Crippen MR) is 105 cm³/mol. The molecule has 3 aromatic rings. The van der Waals surface area contributed by atoms with Crippen molar-refractivity contribution in [3.05, 3.63) is 75.5 Å². The minimum atomic E-state index is -0.621. The van der Waals surface area contributed by atoms with Crippen molar-refractivity contribution < 1.29 is 9.59 Å². The van der Waals surface area contributed by atoms with Crippen molar-refractivity contribution in [1.82, 2.24) is 20.3 Å². The van der Waals surface area contributed by atoms with Gasteiger partial charge in [0.15, 0.2) is 5.69 Å². The lowest BCUT2D eigenvalue weighted by Crippen LogP contribution is -2.32. The molecule has 0 aliphatic heterocycles. The molecule has 9 heteroatoms. The SMILES string of the molecule is NC(=O)C[C@@H](NC(=O)c1cnn(-c2cccc(Br)c2)n1)c1cccc(Cl)c1. The summed E-state index contributed by atoms with van der Waals surface area (Å²) in [4.78, 5) is 25.3. The Balaban J connectivity index is 1.81. The fourth-order valence-electron chi connectivity index (χ4n) is 2.50. The predicted octanol–water partition coefficient (Wildman–Crippen LogP) is 3.03. The first kappa shape index (κ1) is 19.1. The number of amides is 2. The van der Waals surface area contributed by atoms with Crippen LogP contribution in [0.15, 0.2) is 59.2 Å². The van der Waals surface area contributed by atoms with E-state index in [1.165, 1.54) is 11.0 Å². The van der Waals surface area contributed by atoms with Crippen LogP contribution in [0.1, 0.15) is 28.5 Å². The number of nitrogens with one attached hydrogen (secondary N) is 1. The number of hydrogen-bond acceptors (Lipinski definition) is 4. The summed E-state index contributed by atoms with van der Waals surface area (Å²) in [6.07, 6.45) is 1.29. The highest BCUT2D eigenvalue weighted by molar-refractivity contribution is 9.10. The van der Waals surface area contributed by atoms with Crippen molar-refractivity contribution >= 4 is 39.3 Å². The zero-order chi connectivity index (χ0) is 19.4. The van der Waals surface area contributed by atoms with Gasteiger partial charge >= 0.3 is 0 Å². The van der Waals surface area contributed by atoms with Crippen LogP contribution in [0.25, 0.3) is 5.69 Å².